The van der Waals surface area contributed by atoms with Gasteiger partial charge in [-0.05, 0) is 25.0 Å². The van der Waals surface area contributed by atoms with Crippen molar-refractivity contribution in [3.63, 3.8) is 0 Å². The van der Waals surface area contributed by atoms with Crippen molar-refractivity contribution in [2.45, 2.75) is 26.4 Å². The zero-order chi connectivity index (χ0) is 21.3. The molecule has 0 saturated carbocycles. The van der Waals surface area contributed by atoms with Crippen LogP contribution >= 0.6 is 24.0 Å². The molecular formula is C22H29IN4O4. The monoisotopic (exact) mass is 540 g/mol. The summed E-state index contributed by atoms with van der Waals surface area (Å²) < 4.78 is 11.5. The third-order valence-electron chi connectivity index (χ3n) is 5.03. The molecule has 31 heavy (non-hydrogen) atoms. The summed E-state index contributed by atoms with van der Waals surface area (Å²) in [5.74, 6) is 1.84. The molecule has 2 aromatic rings. The third kappa shape index (κ3) is 7.35. The maximum Gasteiger partial charge on any atom is 0.274 e. The van der Waals surface area contributed by atoms with Gasteiger partial charge >= 0.3 is 0 Å². The lowest BCUT2D eigenvalue weighted by Gasteiger charge is -2.17. The first-order valence-corrected chi connectivity index (χ1v) is 10.0. The Balaban J connectivity index is 0.00000341. The van der Waals surface area contributed by atoms with E-state index in [2.05, 4.69) is 15.6 Å². The van der Waals surface area contributed by atoms with Gasteiger partial charge in [0.1, 0.15) is 5.75 Å². The molecule has 0 aromatic heterocycles. The van der Waals surface area contributed by atoms with E-state index < -0.39 is 0 Å². The second-order valence-electron chi connectivity index (χ2n) is 7.32. The standard InChI is InChI=1S/C22H28N4O4.HI/c1-16-7-8-19(21(11-16)30-15-17-9-10-29-14-17)13-25-22(23-2)24-12-18-5-3-4-6-20(18)26(27)28;/h3-8,11,17H,9-10,12-15H2,1-2H3,(H2,23,24,25);1H. The number of halogens is 1. The predicted octanol–water partition coefficient (Wildman–Crippen LogP) is 3.80. The van der Waals surface area contributed by atoms with Crippen molar-refractivity contribution < 1.29 is 14.4 Å². The Morgan fingerprint density at radius 3 is 2.65 bits per heavy atom. The van der Waals surface area contributed by atoms with Gasteiger partial charge in [-0.1, -0.05) is 30.3 Å². The lowest BCUT2D eigenvalue weighted by atomic mass is 10.1. The maximum atomic E-state index is 11.2. The molecule has 1 aliphatic rings. The number of hydrogen-bond donors (Lipinski definition) is 2. The summed E-state index contributed by atoms with van der Waals surface area (Å²) >= 11 is 0. The highest BCUT2D eigenvalue weighted by Crippen LogP contribution is 2.23. The van der Waals surface area contributed by atoms with Crippen molar-refractivity contribution in [3.8, 4) is 5.75 Å². The smallest absolute Gasteiger partial charge is 0.274 e. The van der Waals surface area contributed by atoms with Crippen LogP contribution in [0.25, 0.3) is 0 Å². The van der Waals surface area contributed by atoms with Gasteiger partial charge in [0.2, 0.25) is 0 Å². The number of nitrogens with one attached hydrogen (secondary N) is 2. The fourth-order valence-electron chi connectivity index (χ4n) is 3.28. The Labute approximate surface area is 199 Å². The largest absolute Gasteiger partial charge is 0.493 e. The molecule has 1 aliphatic heterocycles. The summed E-state index contributed by atoms with van der Waals surface area (Å²) in [5.41, 5.74) is 2.85. The van der Waals surface area contributed by atoms with Gasteiger partial charge in [0, 0.05) is 49.9 Å². The zero-order valence-corrected chi connectivity index (χ0v) is 20.1. The van der Waals surface area contributed by atoms with E-state index in [4.69, 9.17) is 9.47 Å². The van der Waals surface area contributed by atoms with Crippen LogP contribution in [0, 0.1) is 23.0 Å². The number of nitrogens with zero attached hydrogens (tertiary/aromatic N) is 2. The molecule has 3 rings (SSSR count). The first-order chi connectivity index (χ1) is 14.6. The van der Waals surface area contributed by atoms with Crippen LogP contribution < -0.4 is 15.4 Å². The molecule has 0 bridgehead atoms. The molecule has 8 nitrogen and oxygen atoms in total. The Morgan fingerprint density at radius 1 is 1.23 bits per heavy atom. The molecule has 1 heterocycles. The Kier molecular flexibility index (Phi) is 9.99. The normalized spacial score (nSPS) is 15.8. The number of aliphatic imine (C=N–C) groups is 1. The van der Waals surface area contributed by atoms with Gasteiger partial charge in [0.05, 0.1) is 18.1 Å². The average Bonchev–Trinajstić information content (AvgIpc) is 3.27. The minimum Gasteiger partial charge on any atom is -0.493 e. The number of benzene rings is 2. The van der Waals surface area contributed by atoms with Crippen LogP contribution in [-0.4, -0.2) is 37.8 Å². The quantitative estimate of drug-likeness (QED) is 0.174. The van der Waals surface area contributed by atoms with Crippen molar-refractivity contribution in [2.75, 3.05) is 26.9 Å². The highest BCUT2D eigenvalue weighted by Gasteiger charge is 2.17. The van der Waals surface area contributed by atoms with Crippen LogP contribution in [0.2, 0.25) is 0 Å². The van der Waals surface area contributed by atoms with Crippen LogP contribution in [0.15, 0.2) is 47.5 Å². The fraction of sp³-hybridized carbons (Fsp3) is 0.409. The van der Waals surface area contributed by atoms with E-state index in [1.54, 1.807) is 25.2 Å². The van der Waals surface area contributed by atoms with Crippen LogP contribution in [0.1, 0.15) is 23.1 Å². The van der Waals surface area contributed by atoms with E-state index in [1.807, 2.05) is 25.1 Å². The van der Waals surface area contributed by atoms with E-state index >= 15 is 0 Å². The van der Waals surface area contributed by atoms with Crippen LogP contribution in [0.5, 0.6) is 5.75 Å². The number of nitro benzene ring substituents is 1. The van der Waals surface area contributed by atoms with Crippen molar-refractivity contribution in [2.24, 2.45) is 10.9 Å². The van der Waals surface area contributed by atoms with E-state index in [-0.39, 0.29) is 34.6 Å². The van der Waals surface area contributed by atoms with E-state index in [0.717, 1.165) is 36.5 Å². The second kappa shape index (κ2) is 12.5. The van der Waals surface area contributed by atoms with Crippen molar-refractivity contribution in [3.05, 3.63) is 69.3 Å². The van der Waals surface area contributed by atoms with E-state index in [0.29, 0.717) is 37.1 Å². The van der Waals surface area contributed by atoms with Crippen molar-refractivity contribution in [1.82, 2.24) is 10.6 Å². The van der Waals surface area contributed by atoms with Crippen LogP contribution in [-0.2, 0) is 17.8 Å². The number of nitro groups is 1. The van der Waals surface area contributed by atoms with Crippen molar-refractivity contribution in [1.29, 1.82) is 0 Å². The molecular weight excluding hydrogens is 511 g/mol. The minimum absolute atomic E-state index is 0. The van der Waals surface area contributed by atoms with Gasteiger partial charge in [-0.2, -0.15) is 0 Å². The number of guanidine groups is 1. The molecule has 1 saturated heterocycles. The summed E-state index contributed by atoms with van der Waals surface area (Å²) in [6.45, 7) is 5.06. The molecule has 0 aliphatic carbocycles. The minimum atomic E-state index is -0.376. The van der Waals surface area contributed by atoms with Crippen LogP contribution in [0.4, 0.5) is 5.69 Å². The Bertz CT molecular complexity index is 901. The molecule has 2 aromatic carbocycles. The number of rotatable bonds is 8. The van der Waals surface area contributed by atoms with Crippen molar-refractivity contribution >= 4 is 35.6 Å². The number of aryl methyl sites for hydroxylation is 1. The predicted molar refractivity (Wildman–Crippen MR) is 131 cm³/mol. The maximum absolute atomic E-state index is 11.2. The van der Waals surface area contributed by atoms with Crippen LogP contribution in [0.3, 0.4) is 0 Å². The topological polar surface area (TPSA) is 98.0 Å². The lowest BCUT2D eigenvalue weighted by Crippen LogP contribution is -2.36. The fourth-order valence-corrected chi connectivity index (χ4v) is 3.28. The summed E-state index contributed by atoms with van der Waals surface area (Å²) in [4.78, 5) is 15.0. The highest BCUT2D eigenvalue weighted by molar-refractivity contribution is 14.0. The first kappa shape index (κ1) is 24.9. The van der Waals surface area contributed by atoms with Gasteiger partial charge in [-0.15, -0.1) is 24.0 Å². The lowest BCUT2D eigenvalue weighted by molar-refractivity contribution is -0.385. The molecule has 1 unspecified atom stereocenters. The summed E-state index contributed by atoms with van der Waals surface area (Å²) in [6, 6.07) is 12.8. The molecule has 0 spiro atoms. The van der Waals surface area contributed by atoms with Gasteiger partial charge in [0.25, 0.3) is 5.69 Å². The molecule has 9 heteroatoms. The molecule has 2 N–H and O–H groups in total. The summed E-state index contributed by atoms with van der Waals surface area (Å²) in [6.07, 6.45) is 1.03. The first-order valence-electron chi connectivity index (χ1n) is 10.0. The molecule has 168 valence electrons. The molecule has 0 amide bonds. The number of ether oxygens (including phenoxy) is 2. The van der Waals surface area contributed by atoms with E-state index in [9.17, 15) is 10.1 Å². The summed E-state index contributed by atoms with van der Waals surface area (Å²) in [5, 5.41) is 17.6. The van der Waals surface area contributed by atoms with E-state index in [1.165, 1.54) is 6.07 Å². The van der Waals surface area contributed by atoms with Gasteiger partial charge < -0.3 is 20.1 Å². The van der Waals surface area contributed by atoms with Gasteiger partial charge in [-0.25, -0.2) is 0 Å². The number of para-hydroxylation sites is 1. The highest BCUT2D eigenvalue weighted by atomic mass is 127. The average molecular weight is 540 g/mol. The Morgan fingerprint density at radius 2 is 1.97 bits per heavy atom. The Hall–Kier alpha value is -2.40. The zero-order valence-electron chi connectivity index (χ0n) is 17.8. The summed E-state index contributed by atoms with van der Waals surface area (Å²) in [7, 11) is 1.67. The SMILES string of the molecule is CN=C(NCc1ccc(C)cc1OCC1CCOC1)NCc1ccccc1[N+](=O)[O-].I. The molecule has 1 fully saturated rings. The molecule has 1 atom stereocenters. The van der Waals surface area contributed by atoms with Gasteiger partial charge in [-0.3, -0.25) is 15.1 Å². The third-order valence-corrected chi connectivity index (χ3v) is 5.03. The second-order valence-corrected chi connectivity index (χ2v) is 7.32. The van der Waals surface area contributed by atoms with Gasteiger partial charge in [0.15, 0.2) is 5.96 Å². The number of hydrogen-bond acceptors (Lipinski definition) is 5. The molecule has 0 radical (unpaired) electrons.